The molecule has 0 radical (unpaired) electrons. The first-order chi connectivity index (χ1) is 13.0. The highest BCUT2D eigenvalue weighted by atomic mass is 32.2. The zero-order chi connectivity index (χ0) is 19.1. The second-order valence-electron chi connectivity index (χ2n) is 5.89. The van der Waals surface area contributed by atoms with Gasteiger partial charge < -0.3 is 4.90 Å². The Labute approximate surface area is 164 Å². The molecule has 2 aliphatic rings. The first-order valence-corrected chi connectivity index (χ1v) is 9.75. The van der Waals surface area contributed by atoms with Gasteiger partial charge in [-0.15, -0.1) is 16.8 Å². The Morgan fingerprint density at radius 3 is 2.70 bits per heavy atom. The number of aliphatic imine (C=N–C) groups is 1. The molecule has 0 atom stereocenters. The van der Waals surface area contributed by atoms with Gasteiger partial charge in [0.15, 0.2) is 5.17 Å². The summed E-state index contributed by atoms with van der Waals surface area (Å²) in [6.07, 6.45) is 1.63. The maximum atomic E-state index is 13.1. The van der Waals surface area contributed by atoms with Gasteiger partial charge in [0.25, 0.3) is 11.8 Å². The van der Waals surface area contributed by atoms with Crippen LogP contribution >= 0.6 is 23.1 Å². The van der Waals surface area contributed by atoms with Gasteiger partial charge in [-0.25, -0.2) is 0 Å². The lowest BCUT2D eigenvalue weighted by molar-refractivity contribution is -0.122. The van der Waals surface area contributed by atoms with E-state index in [-0.39, 0.29) is 11.8 Å². The number of para-hydroxylation sites is 1. The van der Waals surface area contributed by atoms with Crippen molar-refractivity contribution in [3.63, 3.8) is 0 Å². The lowest BCUT2D eigenvalue weighted by atomic mass is 10.1. The molecule has 1 aromatic heterocycles. The highest BCUT2D eigenvalue weighted by Gasteiger charge is 2.41. The van der Waals surface area contributed by atoms with Crippen LogP contribution in [0.1, 0.15) is 10.6 Å². The molecule has 3 heterocycles. The molecular weight excluding hydrogens is 382 g/mol. The normalized spacial score (nSPS) is 20.7. The Balaban J connectivity index is 1.84. The molecule has 0 spiro atoms. The predicted octanol–water partition coefficient (Wildman–Crippen LogP) is 2.98. The van der Waals surface area contributed by atoms with Crippen LogP contribution in [0.4, 0.5) is 10.8 Å². The fourth-order valence-electron chi connectivity index (χ4n) is 2.93. The number of carbonyl (C=O) groups excluding carboxylic acids is 2. The summed E-state index contributed by atoms with van der Waals surface area (Å²) in [5.74, 6) is -0.452. The number of nitrogens with zero attached hydrogens (tertiary/aromatic N) is 5. The molecule has 136 valence electrons. The molecule has 2 aromatic rings. The molecule has 0 N–H and O–H groups in total. The summed E-state index contributed by atoms with van der Waals surface area (Å²) < 4.78 is 0. The molecule has 2 amide bonds. The van der Waals surface area contributed by atoms with Crippen LogP contribution in [-0.4, -0.2) is 45.7 Å². The number of fused-ring (bicyclic) bond motifs is 1. The molecule has 1 saturated heterocycles. The Hall–Kier alpha value is -2.78. The summed E-state index contributed by atoms with van der Waals surface area (Å²) in [5, 5.41) is 9.68. The van der Waals surface area contributed by atoms with Crippen LogP contribution < -0.4 is 4.90 Å². The van der Waals surface area contributed by atoms with Crippen LogP contribution in [0.2, 0.25) is 0 Å². The van der Waals surface area contributed by atoms with Crippen molar-refractivity contribution in [1.82, 2.24) is 15.1 Å². The predicted molar refractivity (Wildman–Crippen MR) is 108 cm³/mol. The minimum atomic E-state index is -0.256. The number of likely N-dealkylation sites (N-methyl/N-ethyl adjacent to an activating group) is 1. The topological polar surface area (TPSA) is 78.8 Å². The van der Waals surface area contributed by atoms with Gasteiger partial charge in [-0.3, -0.25) is 14.5 Å². The minimum Gasteiger partial charge on any atom is -0.311 e. The largest absolute Gasteiger partial charge is 0.311 e. The van der Waals surface area contributed by atoms with Crippen LogP contribution in [0.25, 0.3) is 5.57 Å². The molecule has 0 saturated carbocycles. The molecular formula is C18H15N5O2S2. The molecule has 4 rings (SSSR count). The zero-order valence-electron chi connectivity index (χ0n) is 14.7. The third-order valence-electron chi connectivity index (χ3n) is 4.16. The number of carbonyl (C=O) groups is 2. The van der Waals surface area contributed by atoms with E-state index in [4.69, 9.17) is 0 Å². The van der Waals surface area contributed by atoms with E-state index in [1.54, 1.807) is 18.0 Å². The number of aromatic nitrogens is 2. The van der Waals surface area contributed by atoms with Crippen molar-refractivity contribution in [2.24, 2.45) is 4.99 Å². The van der Waals surface area contributed by atoms with E-state index in [9.17, 15) is 9.59 Å². The van der Waals surface area contributed by atoms with Crippen LogP contribution in [-0.2, 0) is 9.59 Å². The van der Waals surface area contributed by atoms with Gasteiger partial charge in [-0.2, -0.15) is 4.99 Å². The van der Waals surface area contributed by atoms with Crippen molar-refractivity contribution in [2.75, 3.05) is 18.5 Å². The summed E-state index contributed by atoms with van der Waals surface area (Å²) in [5.41, 5.74) is 1.96. The van der Waals surface area contributed by atoms with E-state index in [2.05, 4.69) is 21.8 Å². The average Bonchev–Trinajstić information content (AvgIpc) is 3.27. The summed E-state index contributed by atoms with van der Waals surface area (Å²) in [4.78, 5) is 33.8. The third kappa shape index (κ3) is 2.88. The minimum absolute atomic E-state index is 0.196. The maximum Gasteiger partial charge on any atom is 0.267 e. The van der Waals surface area contributed by atoms with E-state index >= 15 is 0 Å². The highest BCUT2D eigenvalue weighted by molar-refractivity contribution is 8.18. The van der Waals surface area contributed by atoms with Crippen LogP contribution in [0.3, 0.4) is 0 Å². The number of hydrogen-bond donors (Lipinski definition) is 0. The van der Waals surface area contributed by atoms with Crippen LogP contribution in [0, 0.1) is 6.92 Å². The Morgan fingerprint density at radius 1 is 1.22 bits per heavy atom. The van der Waals surface area contributed by atoms with Crippen molar-refractivity contribution in [2.45, 2.75) is 6.92 Å². The monoisotopic (exact) mass is 397 g/mol. The summed E-state index contributed by atoms with van der Waals surface area (Å²) in [7, 11) is 1.71. The van der Waals surface area contributed by atoms with E-state index in [0.29, 0.717) is 27.3 Å². The highest BCUT2D eigenvalue weighted by Crippen LogP contribution is 2.44. The molecule has 27 heavy (non-hydrogen) atoms. The number of thioether (sulfide) groups is 1. The molecule has 0 bridgehead atoms. The van der Waals surface area contributed by atoms with Crippen molar-refractivity contribution in [1.29, 1.82) is 0 Å². The number of benzene rings is 1. The molecule has 0 aliphatic carbocycles. The molecule has 1 aromatic carbocycles. The first kappa shape index (κ1) is 17.6. The van der Waals surface area contributed by atoms with Gasteiger partial charge >= 0.3 is 0 Å². The van der Waals surface area contributed by atoms with E-state index in [1.807, 2.05) is 31.2 Å². The SMILES string of the molecule is C=CCN1C(=O)/C(=C2/C(=O)N(C)c3ccccc32)S/C1=N\c1nnc(C)s1. The average molecular weight is 397 g/mol. The van der Waals surface area contributed by atoms with Gasteiger partial charge in [0.05, 0.1) is 16.2 Å². The Bertz CT molecular complexity index is 1040. The van der Waals surface area contributed by atoms with Crippen LogP contribution in [0.15, 0.2) is 46.8 Å². The van der Waals surface area contributed by atoms with Crippen molar-refractivity contribution in [3.8, 4) is 0 Å². The molecule has 0 unspecified atom stereocenters. The molecule has 7 nitrogen and oxygen atoms in total. The van der Waals surface area contributed by atoms with Crippen molar-refractivity contribution < 1.29 is 9.59 Å². The number of aryl methyl sites for hydroxylation is 1. The number of amides is 2. The zero-order valence-corrected chi connectivity index (χ0v) is 16.3. The Morgan fingerprint density at radius 2 is 2.00 bits per heavy atom. The number of hydrogen-bond acceptors (Lipinski definition) is 7. The van der Waals surface area contributed by atoms with E-state index in [0.717, 1.165) is 16.3 Å². The van der Waals surface area contributed by atoms with Crippen molar-refractivity contribution in [3.05, 3.63) is 52.4 Å². The second-order valence-corrected chi connectivity index (χ2v) is 8.03. The third-order valence-corrected chi connectivity index (χ3v) is 5.97. The summed E-state index contributed by atoms with van der Waals surface area (Å²) in [6, 6.07) is 7.45. The Kier molecular flexibility index (Phi) is 4.40. The number of amidine groups is 1. The summed E-state index contributed by atoms with van der Waals surface area (Å²) >= 11 is 2.53. The standard InChI is InChI=1S/C18H15N5O2S2/c1-4-9-23-16(25)14(27-18(23)19-17-21-20-10(2)26-17)13-11-7-5-6-8-12(11)22(3)15(13)24/h4-8H,1,9H2,2-3H3/b14-13-,19-18-. The molecule has 2 aliphatic heterocycles. The fourth-order valence-corrected chi connectivity index (χ4v) is 4.63. The quantitative estimate of drug-likeness (QED) is 0.588. The van der Waals surface area contributed by atoms with Gasteiger partial charge in [0.2, 0.25) is 5.13 Å². The summed E-state index contributed by atoms with van der Waals surface area (Å²) in [6.45, 7) is 5.85. The number of anilines is 1. The molecule has 1 fully saturated rings. The first-order valence-electron chi connectivity index (χ1n) is 8.12. The maximum absolute atomic E-state index is 13.1. The number of rotatable bonds is 3. The van der Waals surface area contributed by atoms with E-state index in [1.165, 1.54) is 28.0 Å². The lowest BCUT2D eigenvalue weighted by Crippen LogP contribution is -2.29. The van der Waals surface area contributed by atoms with Gasteiger partial charge in [-0.05, 0) is 24.8 Å². The second kappa shape index (κ2) is 6.75. The lowest BCUT2D eigenvalue weighted by Gasteiger charge is -2.11. The molecule has 9 heteroatoms. The van der Waals surface area contributed by atoms with Crippen molar-refractivity contribution >= 4 is 56.5 Å². The van der Waals surface area contributed by atoms with E-state index < -0.39 is 0 Å². The van der Waals surface area contributed by atoms with Gasteiger partial charge in [0, 0.05) is 19.2 Å². The smallest absolute Gasteiger partial charge is 0.267 e. The van der Waals surface area contributed by atoms with Gasteiger partial charge in [-0.1, -0.05) is 35.6 Å². The fraction of sp³-hybridized carbons (Fsp3) is 0.167. The van der Waals surface area contributed by atoms with Crippen LogP contribution in [0.5, 0.6) is 0 Å². The van der Waals surface area contributed by atoms with Gasteiger partial charge in [0.1, 0.15) is 5.01 Å².